The van der Waals surface area contributed by atoms with Crippen LogP contribution in [-0.2, 0) is 16.6 Å². The third-order valence-electron chi connectivity index (χ3n) is 3.50. The minimum atomic E-state index is -4.42. The summed E-state index contributed by atoms with van der Waals surface area (Å²) in [6.45, 7) is 0.202. The number of pyridine rings is 1. The second kappa shape index (κ2) is 11.4. The molecule has 0 radical (unpaired) electrons. The van der Waals surface area contributed by atoms with Gasteiger partial charge < -0.3 is 31.6 Å². The molecule has 1 aromatic carbocycles. The van der Waals surface area contributed by atoms with Crippen LogP contribution in [-0.4, -0.2) is 53.8 Å². The number of para-hydroxylation sites is 2. The highest BCUT2D eigenvalue weighted by Crippen LogP contribution is 2.24. The van der Waals surface area contributed by atoms with Crippen LogP contribution >= 0.6 is 0 Å². The molecule has 164 valence electrons. The molecule has 0 bridgehead atoms. The van der Waals surface area contributed by atoms with E-state index in [-0.39, 0.29) is 33.4 Å². The number of ether oxygens (including phenoxy) is 1. The quantitative estimate of drug-likeness (QED) is 0.591. The van der Waals surface area contributed by atoms with Gasteiger partial charge in [-0.05, 0) is 25.1 Å². The summed E-state index contributed by atoms with van der Waals surface area (Å²) in [7, 11) is -1.51. The Bertz CT molecular complexity index is 903. The van der Waals surface area contributed by atoms with E-state index in [4.69, 9.17) is 4.74 Å². The van der Waals surface area contributed by atoms with Gasteiger partial charge in [0.25, 0.3) is 0 Å². The van der Waals surface area contributed by atoms with Crippen molar-refractivity contribution in [2.24, 2.45) is 0 Å². The highest BCUT2D eigenvalue weighted by Gasteiger charge is 2.29. The SMILES string of the molecule is Cc1c(OCC(F)(F)F)ccnc1CS(=O)c1nc2ccccc2[nH]1.O.O.O.O. The van der Waals surface area contributed by atoms with Crippen molar-refractivity contribution in [3.8, 4) is 5.75 Å². The molecule has 9 nitrogen and oxygen atoms in total. The van der Waals surface area contributed by atoms with Gasteiger partial charge in [0.1, 0.15) is 5.75 Å². The van der Waals surface area contributed by atoms with Crippen LogP contribution < -0.4 is 4.74 Å². The first-order valence-electron chi connectivity index (χ1n) is 7.30. The number of hydrogen-bond donors (Lipinski definition) is 1. The number of fused-ring (bicyclic) bond motifs is 1. The van der Waals surface area contributed by atoms with E-state index in [1.807, 2.05) is 18.2 Å². The summed E-state index contributed by atoms with van der Waals surface area (Å²) in [5.74, 6) is 0.0958. The third kappa shape index (κ3) is 7.07. The number of imidazole rings is 1. The largest absolute Gasteiger partial charge is 0.484 e. The number of rotatable bonds is 5. The first-order valence-corrected chi connectivity index (χ1v) is 8.62. The average Bonchev–Trinajstić information content (AvgIpc) is 2.99. The Labute approximate surface area is 165 Å². The van der Waals surface area contributed by atoms with Crippen LogP contribution in [0.5, 0.6) is 5.75 Å². The van der Waals surface area contributed by atoms with Gasteiger partial charge in [-0.15, -0.1) is 0 Å². The molecular formula is C16H22F3N3O6S. The summed E-state index contributed by atoms with van der Waals surface area (Å²) in [6, 6.07) is 8.62. The Hall–Kier alpha value is -2.58. The smallest absolute Gasteiger partial charge is 0.422 e. The molecule has 9 N–H and O–H groups in total. The van der Waals surface area contributed by atoms with Gasteiger partial charge >= 0.3 is 6.18 Å². The first kappa shape index (κ1) is 28.6. The molecule has 0 saturated carbocycles. The number of benzene rings is 1. The van der Waals surface area contributed by atoms with Gasteiger partial charge in [0, 0.05) is 11.8 Å². The Morgan fingerprint density at radius 2 is 1.76 bits per heavy atom. The van der Waals surface area contributed by atoms with Crippen LogP contribution in [0.1, 0.15) is 11.3 Å². The van der Waals surface area contributed by atoms with Gasteiger partial charge in [0.15, 0.2) is 11.8 Å². The molecule has 2 heterocycles. The fraction of sp³-hybridized carbons (Fsp3) is 0.250. The normalized spacial score (nSPS) is 11.3. The van der Waals surface area contributed by atoms with Gasteiger partial charge in [-0.1, -0.05) is 12.1 Å². The van der Waals surface area contributed by atoms with Crippen LogP contribution in [0.3, 0.4) is 0 Å². The standard InChI is InChI=1S/C16H14F3N3O2S.4H2O/c1-10-13(20-7-6-14(10)24-9-16(17,18)19)8-25(23)15-21-11-4-2-3-5-12(11)22-15;;;;/h2-7H,8-9H2,1H3,(H,21,22);4*1H2. The van der Waals surface area contributed by atoms with E-state index in [9.17, 15) is 17.4 Å². The number of H-pyrrole nitrogens is 1. The second-order valence-corrected chi connectivity index (χ2v) is 6.70. The van der Waals surface area contributed by atoms with Crippen molar-refractivity contribution in [3.05, 3.63) is 47.8 Å². The molecule has 0 spiro atoms. The average molecular weight is 441 g/mol. The van der Waals surface area contributed by atoms with Crippen molar-refractivity contribution >= 4 is 21.8 Å². The maximum absolute atomic E-state index is 12.5. The molecule has 13 heteroatoms. The zero-order valence-electron chi connectivity index (χ0n) is 15.1. The molecular weight excluding hydrogens is 419 g/mol. The maximum Gasteiger partial charge on any atom is 0.422 e. The van der Waals surface area contributed by atoms with Crippen molar-refractivity contribution in [1.29, 1.82) is 0 Å². The lowest BCUT2D eigenvalue weighted by Crippen LogP contribution is -2.19. The van der Waals surface area contributed by atoms with Crippen LogP contribution in [0.15, 0.2) is 41.7 Å². The van der Waals surface area contributed by atoms with Crippen molar-refractivity contribution in [2.75, 3.05) is 6.61 Å². The Kier molecular flexibility index (Phi) is 11.3. The lowest BCUT2D eigenvalue weighted by Gasteiger charge is -2.13. The van der Waals surface area contributed by atoms with Gasteiger partial charge in [0.05, 0.1) is 33.3 Å². The fourth-order valence-electron chi connectivity index (χ4n) is 2.25. The molecule has 3 rings (SSSR count). The number of nitrogens with one attached hydrogen (secondary N) is 1. The summed E-state index contributed by atoms with van der Waals surface area (Å²) in [6.07, 6.45) is -3.09. The van der Waals surface area contributed by atoms with Crippen molar-refractivity contribution in [1.82, 2.24) is 15.0 Å². The Balaban J connectivity index is 0. The highest BCUT2D eigenvalue weighted by atomic mass is 32.2. The molecule has 29 heavy (non-hydrogen) atoms. The minimum Gasteiger partial charge on any atom is -0.484 e. The van der Waals surface area contributed by atoms with Gasteiger partial charge in [-0.2, -0.15) is 13.2 Å². The number of nitrogens with zero attached hydrogens (tertiary/aromatic N) is 2. The molecule has 3 aromatic rings. The van der Waals surface area contributed by atoms with Crippen LogP contribution in [0.2, 0.25) is 0 Å². The summed E-state index contributed by atoms with van der Waals surface area (Å²) >= 11 is 0. The molecule has 0 aliphatic rings. The molecule has 1 unspecified atom stereocenters. The number of halogens is 3. The van der Waals surface area contributed by atoms with E-state index in [1.54, 1.807) is 13.0 Å². The monoisotopic (exact) mass is 441 g/mol. The van der Waals surface area contributed by atoms with Crippen LogP contribution in [0.4, 0.5) is 13.2 Å². The van der Waals surface area contributed by atoms with Crippen LogP contribution in [0, 0.1) is 6.92 Å². The van der Waals surface area contributed by atoms with Crippen molar-refractivity contribution in [2.45, 2.75) is 24.0 Å². The van der Waals surface area contributed by atoms with E-state index in [2.05, 4.69) is 15.0 Å². The minimum absolute atomic E-state index is 0. The molecule has 0 fully saturated rings. The maximum atomic E-state index is 12.5. The molecule has 1 atom stereocenters. The van der Waals surface area contributed by atoms with E-state index in [0.717, 1.165) is 5.52 Å². The summed E-state index contributed by atoms with van der Waals surface area (Å²) in [5.41, 5.74) is 2.28. The number of alkyl halides is 3. The van der Waals surface area contributed by atoms with E-state index in [1.165, 1.54) is 12.3 Å². The van der Waals surface area contributed by atoms with Crippen LogP contribution in [0.25, 0.3) is 11.0 Å². The fourth-order valence-corrected chi connectivity index (χ4v) is 3.35. The second-order valence-electron chi connectivity index (χ2n) is 5.33. The summed E-state index contributed by atoms with van der Waals surface area (Å²) in [5, 5.41) is 0.295. The van der Waals surface area contributed by atoms with E-state index >= 15 is 0 Å². The van der Waals surface area contributed by atoms with Gasteiger partial charge in [-0.25, -0.2) is 4.98 Å². The van der Waals surface area contributed by atoms with Gasteiger partial charge in [0.2, 0.25) is 0 Å². The molecule has 0 aliphatic carbocycles. The third-order valence-corrected chi connectivity index (χ3v) is 4.66. The number of hydrogen-bond acceptors (Lipinski definition) is 4. The van der Waals surface area contributed by atoms with Crippen molar-refractivity contribution in [3.63, 3.8) is 0 Å². The van der Waals surface area contributed by atoms with Gasteiger partial charge in [-0.3, -0.25) is 9.19 Å². The zero-order valence-corrected chi connectivity index (χ0v) is 15.9. The number of aromatic nitrogens is 3. The summed E-state index contributed by atoms with van der Waals surface area (Å²) < 4.78 is 54.2. The summed E-state index contributed by atoms with van der Waals surface area (Å²) in [4.78, 5) is 11.3. The van der Waals surface area contributed by atoms with E-state index in [0.29, 0.717) is 21.9 Å². The first-order chi connectivity index (χ1) is 11.8. The number of aromatic amines is 1. The highest BCUT2D eigenvalue weighted by molar-refractivity contribution is 7.84. The topological polar surface area (TPSA) is 194 Å². The lowest BCUT2D eigenvalue weighted by molar-refractivity contribution is -0.153. The van der Waals surface area contributed by atoms with E-state index < -0.39 is 23.6 Å². The Morgan fingerprint density at radius 3 is 2.38 bits per heavy atom. The lowest BCUT2D eigenvalue weighted by atomic mass is 10.2. The molecule has 0 aliphatic heterocycles. The molecule has 0 saturated heterocycles. The predicted octanol–water partition coefficient (Wildman–Crippen LogP) is 0.216. The predicted molar refractivity (Wildman–Crippen MR) is 101 cm³/mol. The van der Waals surface area contributed by atoms with Crippen molar-refractivity contribution < 1.29 is 44.0 Å². The Morgan fingerprint density at radius 1 is 1.10 bits per heavy atom. The molecule has 0 amide bonds. The zero-order chi connectivity index (χ0) is 18.0. The molecule has 2 aromatic heterocycles.